The Kier molecular flexibility index (Phi) is 7.91. The van der Waals surface area contributed by atoms with Crippen molar-refractivity contribution in [1.82, 2.24) is 15.1 Å². The number of aryl methyl sites for hydroxylation is 1. The number of piperidine rings is 1. The number of halogens is 1. The zero-order chi connectivity index (χ0) is 25.0. The van der Waals surface area contributed by atoms with Crippen molar-refractivity contribution in [3.63, 3.8) is 0 Å². The SMILES string of the molecule is COCCN1C(=O)N[C@@](Cc2cccc(F)c2)(C2CCN(CC[C@@H](C)c3ccc(C)o3)CC2)C1=O. The van der Waals surface area contributed by atoms with Crippen molar-refractivity contribution in [3.05, 3.63) is 59.3 Å². The Hall–Kier alpha value is -2.71. The van der Waals surface area contributed by atoms with Gasteiger partial charge in [0.25, 0.3) is 5.91 Å². The van der Waals surface area contributed by atoms with E-state index in [-0.39, 0.29) is 37.2 Å². The summed E-state index contributed by atoms with van der Waals surface area (Å²) in [4.78, 5) is 30.2. The molecule has 1 aromatic heterocycles. The number of methoxy groups -OCH3 is 1. The number of carbonyl (C=O) groups is 2. The van der Waals surface area contributed by atoms with Crippen LogP contribution in [0, 0.1) is 18.7 Å². The normalized spacial score (nSPS) is 22.6. The van der Waals surface area contributed by atoms with E-state index in [1.54, 1.807) is 13.2 Å². The van der Waals surface area contributed by atoms with Crippen LogP contribution >= 0.6 is 0 Å². The van der Waals surface area contributed by atoms with Crippen LogP contribution in [0.4, 0.5) is 9.18 Å². The topological polar surface area (TPSA) is 75.0 Å². The Bertz CT molecular complexity index is 1030. The maximum absolute atomic E-state index is 13.9. The van der Waals surface area contributed by atoms with Crippen molar-refractivity contribution in [2.45, 2.75) is 51.0 Å². The van der Waals surface area contributed by atoms with Crippen LogP contribution in [0.5, 0.6) is 0 Å². The average molecular weight is 486 g/mol. The third-order valence-corrected chi connectivity index (χ3v) is 7.50. The summed E-state index contributed by atoms with van der Waals surface area (Å²) in [5.41, 5.74) is -0.360. The van der Waals surface area contributed by atoms with E-state index in [0.717, 1.165) is 50.4 Å². The van der Waals surface area contributed by atoms with Crippen molar-refractivity contribution >= 4 is 11.9 Å². The van der Waals surface area contributed by atoms with E-state index in [1.165, 1.54) is 17.0 Å². The van der Waals surface area contributed by atoms with E-state index in [9.17, 15) is 14.0 Å². The molecule has 0 bridgehead atoms. The molecular formula is C27H36FN3O4. The molecule has 0 aliphatic carbocycles. The summed E-state index contributed by atoms with van der Waals surface area (Å²) in [6.07, 6.45) is 2.84. The quantitative estimate of drug-likeness (QED) is 0.513. The van der Waals surface area contributed by atoms with Crippen molar-refractivity contribution in [2.75, 3.05) is 39.9 Å². The lowest BCUT2D eigenvalue weighted by molar-refractivity contribution is -0.134. The smallest absolute Gasteiger partial charge is 0.325 e. The molecule has 3 amide bonds. The molecule has 35 heavy (non-hydrogen) atoms. The second-order valence-corrected chi connectivity index (χ2v) is 9.91. The summed E-state index contributed by atoms with van der Waals surface area (Å²) >= 11 is 0. The number of hydrogen-bond acceptors (Lipinski definition) is 5. The zero-order valence-electron chi connectivity index (χ0n) is 20.9. The maximum Gasteiger partial charge on any atom is 0.325 e. The van der Waals surface area contributed by atoms with E-state index in [2.05, 4.69) is 17.1 Å². The van der Waals surface area contributed by atoms with Gasteiger partial charge in [0.2, 0.25) is 0 Å². The Balaban J connectivity index is 1.44. The second-order valence-electron chi connectivity index (χ2n) is 9.91. The number of furan rings is 1. The molecule has 0 saturated carbocycles. The molecule has 2 fully saturated rings. The summed E-state index contributed by atoms with van der Waals surface area (Å²) in [7, 11) is 1.54. The van der Waals surface area contributed by atoms with Crippen LogP contribution in [0.1, 0.15) is 49.2 Å². The fourth-order valence-electron chi connectivity index (χ4n) is 5.43. The van der Waals surface area contributed by atoms with Gasteiger partial charge in [0.05, 0.1) is 13.2 Å². The third kappa shape index (κ3) is 5.59. The van der Waals surface area contributed by atoms with Gasteiger partial charge in [-0.15, -0.1) is 0 Å². The molecule has 2 saturated heterocycles. The fraction of sp³-hybridized carbons (Fsp3) is 0.556. The molecule has 1 N–H and O–H groups in total. The highest BCUT2D eigenvalue weighted by molar-refractivity contribution is 6.07. The molecule has 0 radical (unpaired) electrons. The first-order valence-corrected chi connectivity index (χ1v) is 12.5. The van der Waals surface area contributed by atoms with Gasteiger partial charge in [0.1, 0.15) is 22.9 Å². The molecule has 0 spiro atoms. The number of nitrogens with zero attached hydrogens (tertiary/aromatic N) is 2. The van der Waals surface area contributed by atoms with E-state index in [4.69, 9.17) is 9.15 Å². The lowest BCUT2D eigenvalue weighted by atomic mass is 9.74. The summed E-state index contributed by atoms with van der Waals surface area (Å²) in [6.45, 7) is 7.27. The van der Waals surface area contributed by atoms with Crippen LogP contribution in [0.2, 0.25) is 0 Å². The van der Waals surface area contributed by atoms with Crippen LogP contribution < -0.4 is 5.32 Å². The highest BCUT2D eigenvalue weighted by Crippen LogP contribution is 2.37. The predicted octanol–water partition coefficient (Wildman–Crippen LogP) is 4.11. The van der Waals surface area contributed by atoms with Gasteiger partial charge in [0, 0.05) is 19.4 Å². The van der Waals surface area contributed by atoms with Gasteiger partial charge in [-0.1, -0.05) is 19.1 Å². The first kappa shape index (κ1) is 25.4. The monoisotopic (exact) mass is 485 g/mol. The molecule has 2 aliphatic heterocycles. The van der Waals surface area contributed by atoms with Crippen LogP contribution in [-0.4, -0.2) is 67.2 Å². The molecule has 4 rings (SSSR count). The number of benzene rings is 1. The van der Waals surface area contributed by atoms with Gasteiger partial charge in [-0.05, 0) is 81.6 Å². The Morgan fingerprint density at radius 2 is 1.97 bits per heavy atom. The maximum atomic E-state index is 13.9. The van der Waals surface area contributed by atoms with Crippen molar-refractivity contribution < 1.29 is 23.1 Å². The summed E-state index contributed by atoms with van der Waals surface area (Å²) in [5, 5.41) is 3.03. The number of imide groups is 1. The number of hydrogen-bond donors (Lipinski definition) is 1. The van der Waals surface area contributed by atoms with Crippen molar-refractivity contribution in [2.24, 2.45) is 5.92 Å². The van der Waals surface area contributed by atoms with Crippen LogP contribution in [-0.2, 0) is 16.0 Å². The van der Waals surface area contributed by atoms with E-state index < -0.39 is 11.6 Å². The molecule has 0 unspecified atom stereocenters. The molecule has 190 valence electrons. The predicted molar refractivity (Wildman–Crippen MR) is 131 cm³/mol. The molecule has 2 aromatic rings. The molecule has 2 atom stereocenters. The molecule has 8 heteroatoms. The number of ether oxygens (including phenoxy) is 1. The number of likely N-dealkylation sites (tertiary alicyclic amines) is 1. The minimum absolute atomic E-state index is 0.0313. The highest BCUT2D eigenvalue weighted by Gasteiger charge is 2.55. The first-order chi connectivity index (χ1) is 16.8. The van der Waals surface area contributed by atoms with Gasteiger partial charge in [0.15, 0.2) is 0 Å². The number of amides is 3. The lowest BCUT2D eigenvalue weighted by Crippen LogP contribution is -2.57. The Labute approximate surface area is 206 Å². The summed E-state index contributed by atoms with van der Waals surface area (Å²) < 4.78 is 24.8. The molecular weight excluding hydrogens is 449 g/mol. The lowest BCUT2D eigenvalue weighted by Gasteiger charge is -2.41. The fourth-order valence-corrected chi connectivity index (χ4v) is 5.43. The molecule has 1 aromatic carbocycles. The van der Waals surface area contributed by atoms with E-state index in [0.29, 0.717) is 11.5 Å². The van der Waals surface area contributed by atoms with Gasteiger partial charge in [-0.3, -0.25) is 9.69 Å². The number of nitrogens with one attached hydrogen (secondary N) is 1. The minimum Gasteiger partial charge on any atom is -0.466 e. The molecule has 3 heterocycles. The van der Waals surface area contributed by atoms with Crippen LogP contribution in [0.15, 0.2) is 40.8 Å². The molecule has 2 aliphatic rings. The zero-order valence-corrected chi connectivity index (χ0v) is 20.9. The van der Waals surface area contributed by atoms with Gasteiger partial charge >= 0.3 is 6.03 Å². The standard InChI is InChI=1S/C27H36FN3O4/c1-19(24-8-7-20(2)35-24)9-12-30-13-10-22(11-14-30)27(18-21-5-4-6-23(28)17-21)25(32)31(15-16-34-3)26(33)29-27/h4-8,17,19,22H,9-16,18H2,1-3H3,(H,29,33)/t19-,27+/m1/s1. The highest BCUT2D eigenvalue weighted by atomic mass is 19.1. The van der Waals surface area contributed by atoms with Gasteiger partial charge < -0.3 is 19.4 Å². The largest absolute Gasteiger partial charge is 0.466 e. The van der Waals surface area contributed by atoms with E-state index >= 15 is 0 Å². The molecule has 7 nitrogen and oxygen atoms in total. The van der Waals surface area contributed by atoms with Gasteiger partial charge in [-0.2, -0.15) is 0 Å². The van der Waals surface area contributed by atoms with Crippen molar-refractivity contribution in [3.8, 4) is 0 Å². The van der Waals surface area contributed by atoms with Crippen molar-refractivity contribution in [1.29, 1.82) is 0 Å². The van der Waals surface area contributed by atoms with Crippen LogP contribution in [0.25, 0.3) is 0 Å². The average Bonchev–Trinajstić information content (AvgIpc) is 3.38. The third-order valence-electron chi connectivity index (χ3n) is 7.50. The number of carbonyl (C=O) groups excluding carboxylic acids is 2. The minimum atomic E-state index is -1.07. The van der Waals surface area contributed by atoms with Gasteiger partial charge in [-0.25, -0.2) is 9.18 Å². The van der Waals surface area contributed by atoms with E-state index in [1.807, 2.05) is 25.1 Å². The summed E-state index contributed by atoms with van der Waals surface area (Å²) in [6, 6.07) is 9.95. The van der Waals surface area contributed by atoms with Crippen LogP contribution in [0.3, 0.4) is 0 Å². The number of urea groups is 1. The first-order valence-electron chi connectivity index (χ1n) is 12.5. The Morgan fingerprint density at radius 3 is 2.63 bits per heavy atom. The number of rotatable bonds is 10. The summed E-state index contributed by atoms with van der Waals surface area (Å²) in [5.74, 6) is 1.67. The second kappa shape index (κ2) is 10.9. The Morgan fingerprint density at radius 1 is 1.20 bits per heavy atom.